The number of hydrogen-bond acceptors (Lipinski definition) is 4. The largest absolute Gasteiger partial charge is 0.375 e. The van der Waals surface area contributed by atoms with Crippen LogP contribution in [0.15, 0.2) is 29.2 Å². The minimum atomic E-state index is -3.50. The zero-order valence-electron chi connectivity index (χ0n) is 13.6. The number of nitrogens with zero attached hydrogens (tertiary/aromatic N) is 1. The van der Waals surface area contributed by atoms with E-state index in [1.165, 1.54) is 30.0 Å². The average molecular weight is 340 g/mol. The molecule has 1 saturated carbocycles. The summed E-state index contributed by atoms with van der Waals surface area (Å²) in [5.41, 5.74) is 0.548. The molecule has 1 N–H and O–H groups in total. The van der Waals surface area contributed by atoms with Gasteiger partial charge in [0.25, 0.3) is 0 Å². The number of carbonyl (C=O) groups excluding carboxylic acids is 1. The van der Waals surface area contributed by atoms with Crippen molar-refractivity contribution in [2.75, 3.05) is 26.1 Å². The smallest absolute Gasteiger partial charge is 0.250 e. The number of nitrogens with one attached hydrogen (secondary N) is 1. The molecule has 1 aromatic rings. The number of methoxy groups -OCH3 is 1. The summed E-state index contributed by atoms with van der Waals surface area (Å²) < 4.78 is 31.6. The predicted octanol–water partition coefficient (Wildman–Crippen LogP) is 2.22. The van der Waals surface area contributed by atoms with Gasteiger partial charge in [0, 0.05) is 25.9 Å². The number of carbonyl (C=O) groups is 1. The number of ether oxygens (including phenoxy) is 1. The molecule has 0 aliphatic heterocycles. The van der Waals surface area contributed by atoms with Crippen LogP contribution in [-0.4, -0.2) is 45.4 Å². The molecular weight excluding hydrogens is 316 g/mol. The number of anilines is 1. The molecule has 0 heterocycles. The van der Waals surface area contributed by atoms with E-state index < -0.39 is 10.0 Å². The van der Waals surface area contributed by atoms with Crippen molar-refractivity contribution in [2.45, 2.75) is 43.0 Å². The van der Waals surface area contributed by atoms with Crippen LogP contribution in [0, 0.1) is 0 Å². The van der Waals surface area contributed by atoms with Crippen molar-refractivity contribution in [1.82, 2.24) is 4.31 Å². The van der Waals surface area contributed by atoms with E-state index in [4.69, 9.17) is 4.74 Å². The van der Waals surface area contributed by atoms with Crippen LogP contribution >= 0.6 is 0 Å². The topological polar surface area (TPSA) is 75.7 Å². The molecule has 0 spiro atoms. The Kier molecular flexibility index (Phi) is 6.15. The fourth-order valence-corrected chi connectivity index (χ4v) is 4.26. The van der Waals surface area contributed by atoms with Gasteiger partial charge in [-0.25, -0.2) is 8.42 Å². The molecule has 128 valence electrons. The normalized spacial score (nSPS) is 16.5. The van der Waals surface area contributed by atoms with Crippen molar-refractivity contribution in [3.63, 3.8) is 0 Å². The van der Waals surface area contributed by atoms with E-state index in [0.717, 1.165) is 25.7 Å². The van der Waals surface area contributed by atoms with Crippen LogP contribution in [0.25, 0.3) is 0 Å². The molecule has 1 amide bonds. The molecule has 0 aromatic heterocycles. The highest BCUT2D eigenvalue weighted by atomic mass is 32.2. The van der Waals surface area contributed by atoms with Crippen molar-refractivity contribution < 1.29 is 17.9 Å². The minimum absolute atomic E-state index is 0.0372. The number of sulfonamides is 1. The zero-order valence-corrected chi connectivity index (χ0v) is 14.4. The van der Waals surface area contributed by atoms with Crippen molar-refractivity contribution in [3.8, 4) is 0 Å². The Balaban J connectivity index is 2.09. The highest BCUT2D eigenvalue weighted by Gasteiger charge is 2.28. The second-order valence-electron chi connectivity index (χ2n) is 5.82. The molecule has 1 aromatic carbocycles. The molecule has 0 radical (unpaired) electrons. The summed E-state index contributed by atoms with van der Waals surface area (Å²) >= 11 is 0. The van der Waals surface area contributed by atoms with E-state index in [0.29, 0.717) is 5.69 Å². The maximum absolute atomic E-state index is 12.7. The molecule has 0 unspecified atom stereocenters. The second kappa shape index (κ2) is 7.90. The first-order valence-corrected chi connectivity index (χ1v) is 9.26. The summed E-state index contributed by atoms with van der Waals surface area (Å²) in [6, 6.07) is 6.31. The Morgan fingerprint density at radius 3 is 2.39 bits per heavy atom. The molecular formula is C16H24N2O4S. The SMILES string of the molecule is COCC(=O)Nc1ccc(S(=O)(=O)N(C)C2CCCCC2)cc1. The van der Waals surface area contributed by atoms with Crippen LogP contribution < -0.4 is 5.32 Å². The quantitative estimate of drug-likeness (QED) is 0.861. The molecule has 0 atom stereocenters. The average Bonchev–Trinajstić information content (AvgIpc) is 2.55. The Morgan fingerprint density at radius 1 is 1.22 bits per heavy atom. The third-order valence-corrected chi connectivity index (χ3v) is 6.10. The predicted molar refractivity (Wildman–Crippen MR) is 88.8 cm³/mol. The van der Waals surface area contributed by atoms with E-state index in [2.05, 4.69) is 5.32 Å². The van der Waals surface area contributed by atoms with E-state index in [1.807, 2.05) is 0 Å². The first kappa shape index (κ1) is 17.9. The molecule has 0 bridgehead atoms. The van der Waals surface area contributed by atoms with Gasteiger partial charge in [0.1, 0.15) is 6.61 Å². The molecule has 7 heteroatoms. The van der Waals surface area contributed by atoms with Gasteiger partial charge in [0.2, 0.25) is 15.9 Å². The highest BCUT2D eigenvalue weighted by molar-refractivity contribution is 7.89. The van der Waals surface area contributed by atoms with E-state index in [-0.39, 0.29) is 23.5 Å². The van der Waals surface area contributed by atoms with Crippen LogP contribution in [0.3, 0.4) is 0 Å². The van der Waals surface area contributed by atoms with Gasteiger partial charge in [0.05, 0.1) is 4.90 Å². The molecule has 2 rings (SSSR count). The minimum Gasteiger partial charge on any atom is -0.375 e. The van der Waals surface area contributed by atoms with Crippen molar-refractivity contribution in [2.24, 2.45) is 0 Å². The molecule has 1 aliphatic carbocycles. The first-order chi connectivity index (χ1) is 10.9. The lowest BCUT2D eigenvalue weighted by Gasteiger charge is -2.30. The summed E-state index contributed by atoms with van der Waals surface area (Å²) in [6.45, 7) is -0.0372. The molecule has 1 aliphatic rings. The molecule has 6 nitrogen and oxygen atoms in total. The number of benzene rings is 1. The fourth-order valence-electron chi connectivity index (χ4n) is 2.85. The third-order valence-electron chi connectivity index (χ3n) is 4.18. The van der Waals surface area contributed by atoms with Crippen molar-refractivity contribution in [1.29, 1.82) is 0 Å². The number of rotatable bonds is 6. The van der Waals surface area contributed by atoms with Crippen molar-refractivity contribution >= 4 is 21.6 Å². The second-order valence-corrected chi connectivity index (χ2v) is 7.82. The monoisotopic (exact) mass is 340 g/mol. The standard InChI is InChI=1S/C16H24N2O4S/c1-18(14-6-4-3-5-7-14)23(20,21)15-10-8-13(9-11-15)17-16(19)12-22-2/h8-11,14H,3-7,12H2,1-2H3,(H,17,19). The first-order valence-electron chi connectivity index (χ1n) is 7.82. The van der Waals surface area contributed by atoms with E-state index in [1.54, 1.807) is 19.2 Å². The van der Waals surface area contributed by atoms with Crippen LogP contribution in [0.1, 0.15) is 32.1 Å². The Labute approximate surface area is 137 Å². The van der Waals surface area contributed by atoms with Gasteiger partial charge in [-0.3, -0.25) is 4.79 Å². The summed E-state index contributed by atoms with van der Waals surface area (Å²) in [5.74, 6) is -0.276. The maximum Gasteiger partial charge on any atom is 0.250 e. The summed E-state index contributed by atoms with van der Waals surface area (Å²) in [7, 11) is -0.405. The Morgan fingerprint density at radius 2 is 1.83 bits per heavy atom. The fraction of sp³-hybridized carbons (Fsp3) is 0.562. The Bertz CT molecular complexity index is 622. The maximum atomic E-state index is 12.7. The zero-order chi connectivity index (χ0) is 16.9. The lowest BCUT2D eigenvalue weighted by molar-refractivity contribution is -0.119. The molecule has 0 saturated heterocycles. The third kappa shape index (κ3) is 4.53. The lowest BCUT2D eigenvalue weighted by atomic mass is 9.96. The van der Waals surface area contributed by atoms with Gasteiger partial charge in [0.15, 0.2) is 0 Å². The lowest BCUT2D eigenvalue weighted by Crippen LogP contribution is -2.38. The summed E-state index contributed by atoms with van der Waals surface area (Å²) in [4.78, 5) is 11.7. The molecule has 1 fully saturated rings. The highest BCUT2D eigenvalue weighted by Crippen LogP contribution is 2.26. The van der Waals surface area contributed by atoms with Gasteiger partial charge >= 0.3 is 0 Å². The van der Waals surface area contributed by atoms with Gasteiger partial charge < -0.3 is 10.1 Å². The molecule has 23 heavy (non-hydrogen) atoms. The van der Waals surface area contributed by atoms with Gasteiger partial charge in [-0.1, -0.05) is 19.3 Å². The number of amides is 1. The van der Waals surface area contributed by atoms with Crippen molar-refractivity contribution in [3.05, 3.63) is 24.3 Å². The van der Waals surface area contributed by atoms with Crippen LogP contribution in [0.2, 0.25) is 0 Å². The van der Waals surface area contributed by atoms with E-state index in [9.17, 15) is 13.2 Å². The van der Waals surface area contributed by atoms with Crippen LogP contribution in [0.5, 0.6) is 0 Å². The Hall–Kier alpha value is -1.44. The summed E-state index contributed by atoms with van der Waals surface area (Å²) in [5, 5.41) is 2.64. The van der Waals surface area contributed by atoms with Gasteiger partial charge in [-0.2, -0.15) is 4.31 Å². The van der Waals surface area contributed by atoms with Gasteiger partial charge in [-0.05, 0) is 37.1 Å². The van der Waals surface area contributed by atoms with E-state index >= 15 is 0 Å². The summed E-state index contributed by atoms with van der Waals surface area (Å²) in [6.07, 6.45) is 5.17. The van der Waals surface area contributed by atoms with Crippen LogP contribution in [0.4, 0.5) is 5.69 Å². The number of hydrogen-bond donors (Lipinski definition) is 1. The van der Waals surface area contributed by atoms with Gasteiger partial charge in [-0.15, -0.1) is 0 Å². The van der Waals surface area contributed by atoms with Crippen LogP contribution in [-0.2, 0) is 19.6 Å².